The van der Waals surface area contributed by atoms with Gasteiger partial charge in [-0.15, -0.1) is 0 Å². The van der Waals surface area contributed by atoms with E-state index in [-0.39, 0.29) is 5.41 Å². The summed E-state index contributed by atoms with van der Waals surface area (Å²) in [5.41, 5.74) is -0.911. The molecule has 0 bridgehead atoms. The highest BCUT2D eigenvalue weighted by Crippen LogP contribution is 2.32. The number of carbonyl (C=O) groups is 1. The molecule has 0 aromatic carbocycles. The van der Waals surface area contributed by atoms with E-state index in [0.29, 0.717) is 0 Å². The lowest BCUT2D eigenvalue weighted by Gasteiger charge is -2.38. The summed E-state index contributed by atoms with van der Waals surface area (Å²) in [7, 11) is 0. The first-order valence-corrected chi connectivity index (χ1v) is 6.32. The second-order valence-electron chi connectivity index (χ2n) is 5.62. The number of carboxylic acid groups (broad SMARTS) is 1. The van der Waals surface area contributed by atoms with E-state index in [4.69, 9.17) is 10.4 Å². The molecule has 0 aromatic heterocycles. The van der Waals surface area contributed by atoms with Crippen molar-refractivity contribution in [1.82, 2.24) is 5.32 Å². The number of hydrogen-bond acceptors (Lipinski definition) is 3. The van der Waals surface area contributed by atoms with Gasteiger partial charge in [-0.3, -0.25) is 4.79 Å². The minimum Gasteiger partial charge on any atom is -0.480 e. The zero-order chi connectivity index (χ0) is 12.9. The van der Waals surface area contributed by atoms with E-state index in [0.717, 1.165) is 45.1 Å². The molecule has 1 fully saturated rings. The van der Waals surface area contributed by atoms with Crippen LogP contribution in [0.25, 0.3) is 0 Å². The van der Waals surface area contributed by atoms with Gasteiger partial charge in [0, 0.05) is 0 Å². The largest absolute Gasteiger partial charge is 0.480 e. The topological polar surface area (TPSA) is 73.1 Å². The summed E-state index contributed by atoms with van der Waals surface area (Å²) in [6, 6.07) is 2.27. The zero-order valence-corrected chi connectivity index (χ0v) is 10.8. The molecule has 2 N–H and O–H groups in total. The lowest BCUT2D eigenvalue weighted by atomic mass is 9.76. The molecule has 1 aliphatic carbocycles. The van der Waals surface area contributed by atoms with Crippen molar-refractivity contribution in [1.29, 1.82) is 5.26 Å². The van der Waals surface area contributed by atoms with Gasteiger partial charge >= 0.3 is 5.97 Å². The lowest BCUT2D eigenvalue weighted by molar-refractivity contribution is -0.148. The Morgan fingerprint density at radius 2 is 2.12 bits per heavy atom. The zero-order valence-electron chi connectivity index (χ0n) is 10.8. The summed E-state index contributed by atoms with van der Waals surface area (Å²) in [4.78, 5) is 11.1. The molecule has 0 heterocycles. The third-order valence-corrected chi connectivity index (χ3v) is 3.61. The first kappa shape index (κ1) is 14.0. The van der Waals surface area contributed by atoms with Gasteiger partial charge in [-0.25, -0.2) is 0 Å². The Morgan fingerprint density at radius 3 is 2.53 bits per heavy atom. The van der Waals surface area contributed by atoms with E-state index < -0.39 is 11.5 Å². The Labute approximate surface area is 103 Å². The van der Waals surface area contributed by atoms with E-state index >= 15 is 0 Å². The fraction of sp³-hybridized carbons (Fsp3) is 0.846. The number of nitrogens with one attached hydrogen (secondary N) is 1. The molecule has 4 nitrogen and oxygen atoms in total. The van der Waals surface area contributed by atoms with E-state index in [1.165, 1.54) is 0 Å². The average molecular weight is 238 g/mol. The van der Waals surface area contributed by atoms with Gasteiger partial charge in [0.15, 0.2) is 0 Å². The minimum atomic E-state index is -0.721. The van der Waals surface area contributed by atoms with Crippen LogP contribution >= 0.6 is 0 Å². The van der Waals surface area contributed by atoms with Gasteiger partial charge < -0.3 is 10.4 Å². The van der Waals surface area contributed by atoms with E-state index in [9.17, 15) is 4.79 Å². The van der Waals surface area contributed by atoms with Crippen molar-refractivity contribution in [2.75, 3.05) is 6.54 Å². The molecule has 0 aliphatic heterocycles. The minimum absolute atomic E-state index is 0.263. The van der Waals surface area contributed by atoms with Crippen molar-refractivity contribution in [2.24, 2.45) is 5.41 Å². The van der Waals surface area contributed by atoms with Crippen LogP contribution in [0.1, 0.15) is 52.4 Å². The van der Waals surface area contributed by atoms with E-state index in [1.54, 1.807) is 0 Å². The summed E-state index contributed by atoms with van der Waals surface area (Å²) in [6.45, 7) is 4.60. The molecule has 0 saturated heterocycles. The molecule has 0 atom stereocenters. The Hall–Kier alpha value is -1.08. The highest BCUT2D eigenvalue weighted by Gasteiger charge is 2.43. The van der Waals surface area contributed by atoms with Crippen molar-refractivity contribution in [2.45, 2.75) is 57.9 Å². The Bertz CT molecular complexity index is 314. The normalized spacial score (nSPS) is 18.2. The van der Waals surface area contributed by atoms with Crippen molar-refractivity contribution in [3.05, 3.63) is 0 Å². The number of nitrogens with zero attached hydrogens (tertiary/aromatic N) is 1. The second-order valence-corrected chi connectivity index (χ2v) is 5.62. The molecular formula is C13H22N2O2. The van der Waals surface area contributed by atoms with Crippen LogP contribution in [0.3, 0.4) is 0 Å². The van der Waals surface area contributed by atoms with E-state index in [1.807, 2.05) is 13.8 Å². The Morgan fingerprint density at radius 1 is 1.47 bits per heavy atom. The molecule has 96 valence electrons. The van der Waals surface area contributed by atoms with Crippen LogP contribution in [-0.2, 0) is 4.79 Å². The predicted octanol–water partition coefficient (Wildman–Crippen LogP) is 2.30. The molecule has 0 unspecified atom stereocenters. The van der Waals surface area contributed by atoms with Crippen LogP contribution in [0.4, 0.5) is 0 Å². The van der Waals surface area contributed by atoms with Crippen LogP contribution in [0.2, 0.25) is 0 Å². The van der Waals surface area contributed by atoms with Crippen LogP contribution in [-0.4, -0.2) is 23.2 Å². The molecule has 0 spiro atoms. The molecule has 1 saturated carbocycles. The summed E-state index contributed by atoms with van der Waals surface area (Å²) in [6.07, 6.45) is 5.24. The molecule has 0 radical (unpaired) electrons. The van der Waals surface area contributed by atoms with Crippen molar-refractivity contribution in [3.63, 3.8) is 0 Å². The summed E-state index contributed by atoms with van der Waals surface area (Å²) in [5, 5.41) is 21.1. The Balaban J connectivity index is 2.17. The number of unbranched alkanes of at least 4 members (excludes halogenated alkanes) is 1. The monoisotopic (exact) mass is 238 g/mol. The van der Waals surface area contributed by atoms with Gasteiger partial charge in [0.05, 0.1) is 11.5 Å². The maximum atomic E-state index is 11.1. The smallest absolute Gasteiger partial charge is 0.323 e. The van der Waals surface area contributed by atoms with Crippen LogP contribution in [0.15, 0.2) is 0 Å². The van der Waals surface area contributed by atoms with Crippen LogP contribution < -0.4 is 5.32 Å². The van der Waals surface area contributed by atoms with Crippen molar-refractivity contribution in [3.8, 4) is 6.07 Å². The maximum Gasteiger partial charge on any atom is 0.323 e. The quantitative estimate of drug-likeness (QED) is 0.667. The fourth-order valence-electron chi connectivity index (χ4n) is 2.07. The first-order valence-electron chi connectivity index (χ1n) is 6.32. The molecule has 1 rings (SSSR count). The van der Waals surface area contributed by atoms with Gasteiger partial charge in [0.2, 0.25) is 0 Å². The fourth-order valence-corrected chi connectivity index (χ4v) is 2.07. The predicted molar refractivity (Wildman–Crippen MR) is 65.5 cm³/mol. The van der Waals surface area contributed by atoms with Crippen LogP contribution in [0, 0.1) is 16.7 Å². The number of rotatable bonds is 7. The molecule has 17 heavy (non-hydrogen) atoms. The standard InChI is InChI=1S/C13H22N2O2/c1-12(2,10-14)6-3-4-9-15-13(11(16)17)7-5-8-13/h15H,3-9H2,1-2H3,(H,16,17). The molecule has 0 amide bonds. The van der Waals surface area contributed by atoms with Gasteiger partial charge in [-0.05, 0) is 52.5 Å². The van der Waals surface area contributed by atoms with Gasteiger partial charge in [-0.1, -0.05) is 6.42 Å². The lowest BCUT2D eigenvalue weighted by Crippen LogP contribution is -2.57. The molecular weight excluding hydrogens is 216 g/mol. The second kappa shape index (κ2) is 5.50. The average Bonchev–Trinajstić information content (AvgIpc) is 2.20. The van der Waals surface area contributed by atoms with Gasteiger partial charge in [0.25, 0.3) is 0 Å². The SMILES string of the molecule is CC(C)(C#N)CCCCNC1(C(=O)O)CCC1. The third kappa shape index (κ3) is 3.71. The molecule has 1 aliphatic rings. The van der Waals surface area contributed by atoms with Gasteiger partial charge in [-0.2, -0.15) is 5.26 Å². The highest BCUT2D eigenvalue weighted by molar-refractivity contribution is 5.79. The highest BCUT2D eigenvalue weighted by atomic mass is 16.4. The van der Waals surface area contributed by atoms with E-state index in [2.05, 4.69) is 11.4 Å². The van der Waals surface area contributed by atoms with Crippen molar-refractivity contribution < 1.29 is 9.90 Å². The first-order chi connectivity index (χ1) is 7.92. The number of nitriles is 1. The maximum absolute atomic E-state index is 11.1. The van der Waals surface area contributed by atoms with Crippen LogP contribution in [0.5, 0.6) is 0 Å². The number of hydrogen-bond donors (Lipinski definition) is 2. The Kier molecular flexibility index (Phi) is 4.53. The molecule has 4 heteroatoms. The number of aliphatic carboxylic acids is 1. The summed E-state index contributed by atoms with van der Waals surface area (Å²) >= 11 is 0. The summed E-state index contributed by atoms with van der Waals surface area (Å²) < 4.78 is 0. The van der Waals surface area contributed by atoms with Crippen molar-refractivity contribution >= 4 is 5.97 Å². The summed E-state index contributed by atoms with van der Waals surface area (Å²) in [5.74, 6) is -0.721. The third-order valence-electron chi connectivity index (χ3n) is 3.61. The van der Waals surface area contributed by atoms with Gasteiger partial charge in [0.1, 0.15) is 5.54 Å². The molecule has 0 aromatic rings. The number of carboxylic acids is 1.